The van der Waals surface area contributed by atoms with Crippen LogP contribution in [0.1, 0.15) is 20.1 Å². The minimum atomic E-state index is -1.37. The number of imide groups is 6. The van der Waals surface area contributed by atoms with Crippen LogP contribution in [0, 0.1) is 0 Å². The first kappa shape index (κ1) is 21.8. The van der Waals surface area contributed by atoms with Gasteiger partial charge in [-0.1, -0.05) is 24.3 Å². The third kappa shape index (κ3) is 4.64. The first-order valence-corrected chi connectivity index (χ1v) is 8.91. The molecular formula is C20H18N4O8. The standard InChI is InChI=1S/C20H14N4O8.2H2/c25-13-6-7-14(26)23(13)19(31)21-18(22-20(32)24-15(27)8-9-16(24)28)12-4-1-11(2-5-12)3-10-17(29)30;;/h1-10,18H,(H,21,31)(H,22,32)(H,29,30);2*1H/b10-3+;;. The van der Waals surface area contributed by atoms with Crippen LogP contribution in [-0.4, -0.2) is 56.6 Å². The van der Waals surface area contributed by atoms with Gasteiger partial charge in [-0.25, -0.2) is 14.4 Å². The Labute approximate surface area is 182 Å². The third-order valence-electron chi connectivity index (χ3n) is 4.25. The Balaban J connectivity index is 0.00000289. The largest absolute Gasteiger partial charge is 0.478 e. The van der Waals surface area contributed by atoms with Crippen LogP contribution in [0.3, 0.4) is 0 Å². The molecule has 3 N–H and O–H groups in total. The molecule has 0 unspecified atom stereocenters. The fraction of sp³-hybridized carbons (Fsp3) is 0.0500. The Morgan fingerprint density at radius 1 is 0.781 bits per heavy atom. The van der Waals surface area contributed by atoms with E-state index in [0.29, 0.717) is 15.4 Å². The van der Waals surface area contributed by atoms with Crippen LogP contribution in [-0.2, 0) is 24.0 Å². The smallest absolute Gasteiger partial charge is 0.333 e. The lowest BCUT2D eigenvalue weighted by atomic mass is 10.1. The molecule has 12 heteroatoms. The molecule has 0 aliphatic carbocycles. The quantitative estimate of drug-likeness (QED) is 0.337. The van der Waals surface area contributed by atoms with Crippen molar-refractivity contribution in [2.45, 2.75) is 6.17 Å². The summed E-state index contributed by atoms with van der Waals surface area (Å²) in [6.45, 7) is 0. The summed E-state index contributed by atoms with van der Waals surface area (Å²) >= 11 is 0. The Bertz CT molecular complexity index is 1050. The molecule has 8 amide bonds. The van der Waals surface area contributed by atoms with Gasteiger partial charge in [-0.15, -0.1) is 0 Å². The molecule has 0 aromatic heterocycles. The number of benzene rings is 1. The Kier molecular flexibility index (Phi) is 6.05. The van der Waals surface area contributed by atoms with Crippen LogP contribution >= 0.6 is 0 Å². The normalized spacial score (nSPS) is 15.4. The van der Waals surface area contributed by atoms with Crippen LogP contribution < -0.4 is 10.6 Å². The summed E-state index contributed by atoms with van der Waals surface area (Å²) in [4.78, 5) is 83.2. The van der Waals surface area contributed by atoms with Gasteiger partial charge in [0, 0.05) is 33.2 Å². The topological polar surface area (TPSA) is 170 Å². The predicted octanol–water partition coefficient (Wildman–Crippen LogP) is 0.544. The Morgan fingerprint density at radius 3 is 1.56 bits per heavy atom. The molecule has 2 aliphatic rings. The van der Waals surface area contributed by atoms with Crippen LogP contribution in [0.2, 0.25) is 0 Å². The number of carbonyl (C=O) groups is 7. The molecule has 1 aromatic rings. The SMILES string of the molecule is O=C(O)/C=C/c1ccc(C(NC(=O)N2C(=O)C=CC2=O)NC(=O)N2C(=O)C=CC2=O)cc1.[HH].[HH]. The number of hydrogen-bond acceptors (Lipinski definition) is 7. The summed E-state index contributed by atoms with van der Waals surface area (Å²) < 4.78 is 0. The van der Waals surface area contributed by atoms with Gasteiger partial charge in [0.15, 0.2) is 0 Å². The lowest BCUT2D eigenvalue weighted by molar-refractivity contribution is -0.134. The number of carbonyl (C=O) groups excluding carboxylic acids is 6. The average molecular weight is 442 g/mol. The molecule has 0 saturated heterocycles. The van der Waals surface area contributed by atoms with Crippen molar-refractivity contribution in [1.82, 2.24) is 20.4 Å². The Hall–Kier alpha value is -4.87. The predicted molar refractivity (Wildman–Crippen MR) is 109 cm³/mol. The zero-order valence-electron chi connectivity index (χ0n) is 16.1. The fourth-order valence-corrected chi connectivity index (χ4v) is 2.75. The number of amides is 8. The number of hydrogen-bond donors (Lipinski definition) is 3. The van der Waals surface area contributed by atoms with E-state index in [1.165, 1.54) is 30.3 Å². The first-order chi connectivity index (χ1) is 15.2. The van der Waals surface area contributed by atoms with Crippen molar-refractivity contribution < 1.29 is 41.5 Å². The summed E-state index contributed by atoms with van der Waals surface area (Å²) in [5.74, 6) is -4.71. The molecule has 2 aliphatic heterocycles. The highest BCUT2D eigenvalue weighted by Gasteiger charge is 2.35. The van der Waals surface area contributed by atoms with Crippen molar-refractivity contribution in [2.24, 2.45) is 0 Å². The number of urea groups is 2. The van der Waals surface area contributed by atoms with E-state index in [1.807, 2.05) is 0 Å². The Morgan fingerprint density at radius 2 is 1.19 bits per heavy atom. The van der Waals surface area contributed by atoms with Gasteiger partial charge in [0.05, 0.1) is 0 Å². The van der Waals surface area contributed by atoms with Gasteiger partial charge in [-0.3, -0.25) is 19.2 Å². The van der Waals surface area contributed by atoms with Gasteiger partial charge >= 0.3 is 18.0 Å². The minimum Gasteiger partial charge on any atom is -0.478 e. The molecule has 0 atom stereocenters. The van der Waals surface area contributed by atoms with Gasteiger partial charge in [0.1, 0.15) is 6.17 Å². The lowest BCUT2D eigenvalue weighted by Crippen LogP contribution is -2.52. The van der Waals surface area contributed by atoms with Gasteiger partial charge in [-0.05, 0) is 17.2 Å². The van der Waals surface area contributed by atoms with Gasteiger partial charge in [0.2, 0.25) is 0 Å². The van der Waals surface area contributed by atoms with E-state index < -0.39 is 47.8 Å². The maximum absolute atomic E-state index is 12.5. The van der Waals surface area contributed by atoms with E-state index in [0.717, 1.165) is 30.4 Å². The second kappa shape index (κ2) is 8.87. The van der Waals surface area contributed by atoms with Crippen molar-refractivity contribution in [3.63, 3.8) is 0 Å². The molecule has 32 heavy (non-hydrogen) atoms. The molecule has 0 fully saturated rings. The molecule has 0 spiro atoms. The number of nitrogens with one attached hydrogen (secondary N) is 2. The van der Waals surface area contributed by atoms with Crippen molar-refractivity contribution in [3.8, 4) is 0 Å². The van der Waals surface area contributed by atoms with Crippen molar-refractivity contribution in [1.29, 1.82) is 0 Å². The summed E-state index contributed by atoms with van der Waals surface area (Å²) in [5.41, 5.74) is 0.717. The maximum atomic E-state index is 12.5. The molecule has 12 nitrogen and oxygen atoms in total. The van der Waals surface area contributed by atoms with Crippen molar-refractivity contribution in [3.05, 3.63) is 65.8 Å². The molecular weight excluding hydrogens is 424 g/mol. The highest BCUT2D eigenvalue weighted by atomic mass is 16.4. The fourth-order valence-electron chi connectivity index (χ4n) is 2.75. The van der Waals surface area contributed by atoms with Crippen molar-refractivity contribution in [2.75, 3.05) is 0 Å². The van der Waals surface area contributed by atoms with Crippen molar-refractivity contribution >= 4 is 47.7 Å². The molecule has 0 radical (unpaired) electrons. The highest BCUT2D eigenvalue weighted by molar-refractivity contribution is 6.23. The lowest BCUT2D eigenvalue weighted by Gasteiger charge is -2.24. The molecule has 166 valence electrons. The summed E-state index contributed by atoms with van der Waals surface area (Å²) in [6.07, 6.45) is 4.43. The number of aliphatic carboxylic acids is 1. The second-order valence-corrected chi connectivity index (χ2v) is 6.36. The zero-order valence-corrected chi connectivity index (χ0v) is 16.1. The van der Waals surface area contributed by atoms with Gasteiger partial charge in [0.25, 0.3) is 23.6 Å². The number of rotatable bonds is 5. The van der Waals surface area contributed by atoms with E-state index in [2.05, 4.69) is 10.6 Å². The number of carboxylic acids is 1. The van der Waals surface area contributed by atoms with Crippen LogP contribution in [0.25, 0.3) is 6.08 Å². The maximum Gasteiger partial charge on any atom is 0.333 e. The summed E-state index contributed by atoms with van der Waals surface area (Å²) in [7, 11) is 0. The van der Waals surface area contributed by atoms with E-state index >= 15 is 0 Å². The molecule has 2 heterocycles. The average Bonchev–Trinajstić information content (AvgIpc) is 3.26. The minimum absolute atomic E-state index is 0. The van der Waals surface area contributed by atoms with Crippen LogP contribution in [0.15, 0.2) is 54.6 Å². The summed E-state index contributed by atoms with van der Waals surface area (Å²) in [6, 6.07) is 3.49. The van der Waals surface area contributed by atoms with Gasteiger partial charge < -0.3 is 15.7 Å². The van der Waals surface area contributed by atoms with E-state index in [4.69, 9.17) is 5.11 Å². The summed E-state index contributed by atoms with van der Waals surface area (Å²) in [5, 5.41) is 13.3. The first-order valence-electron chi connectivity index (χ1n) is 8.91. The van der Waals surface area contributed by atoms with E-state index in [9.17, 15) is 33.6 Å². The van der Waals surface area contributed by atoms with E-state index in [1.54, 1.807) is 0 Å². The zero-order chi connectivity index (χ0) is 23.4. The molecule has 0 saturated carbocycles. The number of nitrogens with zero attached hydrogens (tertiary/aromatic N) is 2. The van der Waals surface area contributed by atoms with Crippen LogP contribution in [0.4, 0.5) is 9.59 Å². The molecule has 1 aromatic carbocycles. The third-order valence-corrected chi connectivity index (χ3v) is 4.25. The molecule has 3 rings (SSSR count). The molecule has 0 bridgehead atoms. The van der Waals surface area contributed by atoms with E-state index in [-0.39, 0.29) is 8.42 Å². The second-order valence-electron chi connectivity index (χ2n) is 6.36. The van der Waals surface area contributed by atoms with Crippen LogP contribution in [0.5, 0.6) is 0 Å². The monoisotopic (exact) mass is 442 g/mol. The number of carboxylic acid groups (broad SMARTS) is 1. The highest BCUT2D eigenvalue weighted by Crippen LogP contribution is 2.16. The van der Waals surface area contributed by atoms with Gasteiger partial charge in [-0.2, -0.15) is 9.80 Å².